The molecule has 0 bridgehead atoms. The molecular formula is C16H23ClN2O. The Bertz CT molecular complexity index is 438. The number of rotatable bonds is 4. The standard InChI is InChI=1S/C16H23ClN2O/c1-11(2)15(12-5-7-14(17)8-6-12)19-16(20)13-4-3-9-18-10-13/h5-8,11,13,15,18H,3-4,9-10H2,1-2H3,(H,19,20)/t13-,15?/m1/s1. The second-order valence-corrected chi connectivity index (χ2v) is 6.26. The van der Waals surface area contributed by atoms with Crippen LogP contribution >= 0.6 is 11.6 Å². The van der Waals surface area contributed by atoms with Gasteiger partial charge in [0.1, 0.15) is 0 Å². The summed E-state index contributed by atoms with van der Waals surface area (Å²) in [5, 5.41) is 7.21. The van der Waals surface area contributed by atoms with Crippen molar-refractivity contribution in [3.8, 4) is 0 Å². The van der Waals surface area contributed by atoms with Gasteiger partial charge in [0.25, 0.3) is 0 Å². The molecular weight excluding hydrogens is 272 g/mol. The molecule has 3 nitrogen and oxygen atoms in total. The van der Waals surface area contributed by atoms with Crippen molar-refractivity contribution in [3.05, 3.63) is 34.9 Å². The van der Waals surface area contributed by atoms with E-state index < -0.39 is 0 Å². The van der Waals surface area contributed by atoms with Gasteiger partial charge in [-0.25, -0.2) is 0 Å². The van der Waals surface area contributed by atoms with Gasteiger partial charge >= 0.3 is 0 Å². The molecule has 1 heterocycles. The summed E-state index contributed by atoms with van der Waals surface area (Å²) in [4.78, 5) is 12.4. The minimum absolute atomic E-state index is 0.0432. The molecule has 2 N–H and O–H groups in total. The summed E-state index contributed by atoms with van der Waals surface area (Å²) in [5.74, 6) is 0.597. The highest BCUT2D eigenvalue weighted by atomic mass is 35.5. The van der Waals surface area contributed by atoms with Crippen molar-refractivity contribution in [2.75, 3.05) is 13.1 Å². The largest absolute Gasteiger partial charge is 0.349 e. The Hall–Kier alpha value is -1.06. The first kappa shape index (κ1) is 15.3. The van der Waals surface area contributed by atoms with Crippen molar-refractivity contribution in [1.82, 2.24) is 10.6 Å². The average molecular weight is 295 g/mol. The van der Waals surface area contributed by atoms with Crippen LogP contribution in [0.15, 0.2) is 24.3 Å². The van der Waals surface area contributed by atoms with Crippen LogP contribution in [0.25, 0.3) is 0 Å². The molecule has 1 aromatic rings. The van der Waals surface area contributed by atoms with Crippen molar-refractivity contribution < 1.29 is 4.79 Å². The van der Waals surface area contributed by atoms with Crippen molar-refractivity contribution >= 4 is 17.5 Å². The lowest BCUT2D eigenvalue weighted by molar-refractivity contribution is -0.126. The highest BCUT2D eigenvalue weighted by molar-refractivity contribution is 6.30. The van der Waals surface area contributed by atoms with E-state index >= 15 is 0 Å². The maximum atomic E-state index is 12.4. The first-order valence-electron chi connectivity index (χ1n) is 7.34. The topological polar surface area (TPSA) is 41.1 Å². The summed E-state index contributed by atoms with van der Waals surface area (Å²) >= 11 is 5.93. The van der Waals surface area contributed by atoms with Gasteiger partial charge < -0.3 is 10.6 Å². The number of carbonyl (C=O) groups excluding carboxylic acids is 1. The van der Waals surface area contributed by atoms with Crippen molar-refractivity contribution in [1.29, 1.82) is 0 Å². The maximum absolute atomic E-state index is 12.4. The van der Waals surface area contributed by atoms with Gasteiger partial charge in [-0.2, -0.15) is 0 Å². The van der Waals surface area contributed by atoms with E-state index in [0.29, 0.717) is 5.92 Å². The van der Waals surface area contributed by atoms with Crippen LogP contribution in [0.2, 0.25) is 5.02 Å². The monoisotopic (exact) mass is 294 g/mol. The van der Waals surface area contributed by atoms with Crippen LogP contribution in [0.1, 0.15) is 38.3 Å². The highest BCUT2D eigenvalue weighted by Gasteiger charge is 2.25. The van der Waals surface area contributed by atoms with E-state index in [1.165, 1.54) is 0 Å². The second-order valence-electron chi connectivity index (χ2n) is 5.83. The van der Waals surface area contributed by atoms with Crippen LogP contribution in [0.4, 0.5) is 0 Å². The van der Waals surface area contributed by atoms with Crippen LogP contribution in [-0.2, 0) is 4.79 Å². The predicted octanol–water partition coefficient (Wildman–Crippen LogP) is 3.15. The van der Waals surface area contributed by atoms with Gasteiger partial charge in [-0.05, 0) is 43.0 Å². The van der Waals surface area contributed by atoms with E-state index in [9.17, 15) is 4.79 Å². The fourth-order valence-electron chi connectivity index (χ4n) is 2.65. The van der Waals surface area contributed by atoms with Crippen LogP contribution in [0.3, 0.4) is 0 Å². The fraction of sp³-hybridized carbons (Fsp3) is 0.562. The fourth-order valence-corrected chi connectivity index (χ4v) is 2.78. The molecule has 1 aliphatic heterocycles. The van der Waals surface area contributed by atoms with E-state index in [0.717, 1.165) is 36.5 Å². The molecule has 0 aliphatic carbocycles. The molecule has 2 rings (SSSR count). The Morgan fingerprint density at radius 2 is 2.05 bits per heavy atom. The predicted molar refractivity (Wildman–Crippen MR) is 82.8 cm³/mol. The molecule has 1 unspecified atom stereocenters. The smallest absolute Gasteiger partial charge is 0.224 e. The number of hydrogen-bond acceptors (Lipinski definition) is 2. The van der Waals surface area contributed by atoms with Crippen molar-refractivity contribution in [2.45, 2.75) is 32.7 Å². The summed E-state index contributed by atoms with van der Waals surface area (Å²) in [5.41, 5.74) is 1.11. The van der Waals surface area contributed by atoms with E-state index in [4.69, 9.17) is 11.6 Å². The van der Waals surface area contributed by atoms with Gasteiger partial charge in [0.15, 0.2) is 0 Å². The zero-order chi connectivity index (χ0) is 14.5. The van der Waals surface area contributed by atoms with Gasteiger partial charge in [0.05, 0.1) is 12.0 Å². The van der Waals surface area contributed by atoms with E-state index in [1.54, 1.807) is 0 Å². The summed E-state index contributed by atoms with van der Waals surface area (Å²) in [6, 6.07) is 7.78. The lowest BCUT2D eigenvalue weighted by Crippen LogP contribution is -2.42. The van der Waals surface area contributed by atoms with E-state index in [1.807, 2.05) is 24.3 Å². The number of piperidine rings is 1. The highest BCUT2D eigenvalue weighted by Crippen LogP contribution is 2.24. The Morgan fingerprint density at radius 3 is 2.60 bits per heavy atom. The second kappa shape index (κ2) is 7.09. The molecule has 1 amide bonds. The van der Waals surface area contributed by atoms with E-state index in [2.05, 4.69) is 24.5 Å². The number of benzene rings is 1. The number of halogens is 1. The third kappa shape index (κ3) is 3.97. The molecule has 4 heteroatoms. The molecule has 0 spiro atoms. The SMILES string of the molecule is CC(C)C(NC(=O)[C@@H]1CCCNC1)c1ccc(Cl)cc1. The molecule has 1 fully saturated rings. The molecule has 0 radical (unpaired) electrons. The Kier molecular flexibility index (Phi) is 5.44. The molecule has 110 valence electrons. The third-order valence-electron chi connectivity index (χ3n) is 3.86. The van der Waals surface area contributed by atoms with Crippen LogP contribution in [0.5, 0.6) is 0 Å². The number of hydrogen-bond donors (Lipinski definition) is 2. The van der Waals surface area contributed by atoms with E-state index in [-0.39, 0.29) is 17.9 Å². The van der Waals surface area contributed by atoms with Crippen molar-refractivity contribution in [3.63, 3.8) is 0 Å². The third-order valence-corrected chi connectivity index (χ3v) is 4.11. The van der Waals surface area contributed by atoms with Gasteiger partial charge in [0, 0.05) is 11.6 Å². The first-order chi connectivity index (χ1) is 9.58. The van der Waals surface area contributed by atoms with Gasteiger partial charge in [-0.3, -0.25) is 4.79 Å². The first-order valence-corrected chi connectivity index (χ1v) is 7.72. The van der Waals surface area contributed by atoms with Crippen LogP contribution in [-0.4, -0.2) is 19.0 Å². The summed E-state index contributed by atoms with van der Waals surface area (Å²) in [6.07, 6.45) is 2.05. The molecule has 1 aromatic carbocycles. The number of amides is 1. The molecule has 0 saturated carbocycles. The average Bonchev–Trinajstić information content (AvgIpc) is 2.46. The molecule has 20 heavy (non-hydrogen) atoms. The summed E-state index contributed by atoms with van der Waals surface area (Å²) in [6.45, 7) is 6.06. The Labute approximate surface area is 126 Å². The van der Waals surface area contributed by atoms with Gasteiger partial charge in [-0.1, -0.05) is 37.6 Å². The minimum Gasteiger partial charge on any atom is -0.349 e. The molecule has 1 aliphatic rings. The number of carbonyl (C=O) groups is 1. The maximum Gasteiger partial charge on any atom is 0.224 e. The normalized spacial score (nSPS) is 20.7. The van der Waals surface area contributed by atoms with Gasteiger partial charge in [0.2, 0.25) is 5.91 Å². The summed E-state index contributed by atoms with van der Waals surface area (Å²) in [7, 11) is 0. The number of nitrogens with one attached hydrogen (secondary N) is 2. The van der Waals surface area contributed by atoms with Crippen LogP contribution in [0, 0.1) is 11.8 Å². The minimum atomic E-state index is 0.0432. The molecule has 1 saturated heterocycles. The Morgan fingerprint density at radius 1 is 1.35 bits per heavy atom. The Balaban J connectivity index is 2.05. The van der Waals surface area contributed by atoms with Crippen LogP contribution < -0.4 is 10.6 Å². The lowest BCUT2D eigenvalue weighted by atomic mass is 9.93. The lowest BCUT2D eigenvalue weighted by Gasteiger charge is -2.28. The zero-order valence-electron chi connectivity index (χ0n) is 12.2. The zero-order valence-corrected chi connectivity index (χ0v) is 12.9. The quantitative estimate of drug-likeness (QED) is 0.896. The van der Waals surface area contributed by atoms with Crippen molar-refractivity contribution in [2.24, 2.45) is 11.8 Å². The molecule has 0 aromatic heterocycles. The van der Waals surface area contributed by atoms with Gasteiger partial charge in [-0.15, -0.1) is 0 Å². The summed E-state index contributed by atoms with van der Waals surface area (Å²) < 4.78 is 0. The molecule has 2 atom stereocenters.